The molecule has 0 heterocycles. The van der Waals surface area contributed by atoms with Crippen molar-refractivity contribution in [2.45, 2.75) is 18.9 Å². The van der Waals surface area contributed by atoms with Gasteiger partial charge in [0.2, 0.25) is 0 Å². The first-order valence-electron chi connectivity index (χ1n) is 8.25. The summed E-state index contributed by atoms with van der Waals surface area (Å²) in [4.78, 5) is 24.5. The van der Waals surface area contributed by atoms with Crippen molar-refractivity contribution in [2.75, 3.05) is 11.9 Å². The predicted molar refractivity (Wildman–Crippen MR) is 96.3 cm³/mol. The number of rotatable bonds is 4. The smallest absolute Gasteiger partial charge is 0.313 e. The Morgan fingerprint density at radius 1 is 1.19 bits per heavy atom. The molecule has 0 aliphatic heterocycles. The summed E-state index contributed by atoms with van der Waals surface area (Å²) in [6.45, 7) is 0.00126. The summed E-state index contributed by atoms with van der Waals surface area (Å²) in [5.74, 6) is -2.37. The highest BCUT2D eigenvalue weighted by atomic mass is 35.5. The number of aliphatic hydroxyl groups excluding tert-OH is 1. The van der Waals surface area contributed by atoms with E-state index in [1.807, 2.05) is 24.3 Å². The van der Waals surface area contributed by atoms with Crippen molar-refractivity contribution >= 4 is 29.1 Å². The lowest BCUT2D eigenvalue weighted by Crippen LogP contribution is -2.39. The Labute approximate surface area is 155 Å². The Hall–Kier alpha value is -2.44. The van der Waals surface area contributed by atoms with Crippen LogP contribution in [0, 0.1) is 11.7 Å². The van der Waals surface area contributed by atoms with Crippen LogP contribution in [-0.4, -0.2) is 23.5 Å². The molecule has 3 rings (SSSR count). The number of benzene rings is 2. The van der Waals surface area contributed by atoms with E-state index in [4.69, 9.17) is 11.6 Å². The molecule has 2 aromatic carbocycles. The number of hydrogen-bond acceptors (Lipinski definition) is 3. The number of halogens is 2. The topological polar surface area (TPSA) is 78.4 Å². The highest BCUT2D eigenvalue weighted by molar-refractivity contribution is 6.39. The molecule has 26 heavy (non-hydrogen) atoms. The quantitative estimate of drug-likeness (QED) is 0.718. The van der Waals surface area contributed by atoms with E-state index in [-0.39, 0.29) is 29.3 Å². The highest BCUT2D eigenvalue weighted by Gasteiger charge is 2.34. The molecule has 2 aromatic rings. The van der Waals surface area contributed by atoms with Gasteiger partial charge in [-0.3, -0.25) is 9.59 Å². The number of amides is 2. The second-order valence-electron chi connectivity index (χ2n) is 6.21. The number of aliphatic hydroxyl groups is 1. The maximum absolute atomic E-state index is 13.5. The molecular formula is C19H18ClFN2O3. The van der Waals surface area contributed by atoms with Crippen molar-refractivity contribution in [3.8, 4) is 0 Å². The number of carbonyl (C=O) groups excluding carboxylic acids is 2. The van der Waals surface area contributed by atoms with E-state index in [9.17, 15) is 19.1 Å². The molecule has 1 aliphatic rings. The van der Waals surface area contributed by atoms with E-state index in [0.29, 0.717) is 6.42 Å². The first-order valence-corrected chi connectivity index (χ1v) is 8.63. The first-order chi connectivity index (χ1) is 12.5. The second-order valence-corrected chi connectivity index (χ2v) is 6.62. The summed E-state index contributed by atoms with van der Waals surface area (Å²) in [5.41, 5.74) is 2.19. The van der Waals surface area contributed by atoms with Gasteiger partial charge in [-0.15, -0.1) is 0 Å². The van der Waals surface area contributed by atoms with Crippen molar-refractivity contribution in [1.82, 2.24) is 5.32 Å². The largest absolute Gasteiger partial charge is 0.396 e. The van der Waals surface area contributed by atoms with E-state index >= 15 is 0 Å². The van der Waals surface area contributed by atoms with Crippen LogP contribution in [0.25, 0.3) is 0 Å². The van der Waals surface area contributed by atoms with Crippen LogP contribution in [0.5, 0.6) is 0 Å². The summed E-state index contributed by atoms with van der Waals surface area (Å²) < 4.78 is 13.5. The van der Waals surface area contributed by atoms with Crippen LogP contribution in [0.2, 0.25) is 5.02 Å². The Morgan fingerprint density at radius 3 is 2.69 bits per heavy atom. The first kappa shape index (κ1) is 18.4. The maximum atomic E-state index is 13.5. The van der Waals surface area contributed by atoms with Crippen LogP contribution in [0.15, 0.2) is 42.5 Å². The molecule has 2 atom stereocenters. The van der Waals surface area contributed by atoms with Gasteiger partial charge >= 0.3 is 11.8 Å². The zero-order valence-electron chi connectivity index (χ0n) is 13.8. The van der Waals surface area contributed by atoms with Crippen molar-refractivity contribution in [1.29, 1.82) is 0 Å². The van der Waals surface area contributed by atoms with Gasteiger partial charge in [0.1, 0.15) is 5.82 Å². The lowest BCUT2D eigenvalue weighted by Gasteiger charge is -2.21. The number of hydrogen-bond donors (Lipinski definition) is 3. The average Bonchev–Trinajstić information content (AvgIpc) is 2.96. The SMILES string of the molecule is O=C(Nc1ccc(Cl)c(F)c1)C(=O)N[C@H]1c2ccccc2C[C@@H]1CCO. The summed E-state index contributed by atoms with van der Waals surface area (Å²) in [5, 5.41) is 14.3. The monoisotopic (exact) mass is 376 g/mol. The molecule has 136 valence electrons. The average molecular weight is 377 g/mol. The van der Waals surface area contributed by atoms with Crippen LogP contribution in [0.4, 0.5) is 10.1 Å². The molecule has 1 aliphatic carbocycles. The zero-order valence-corrected chi connectivity index (χ0v) is 14.6. The second kappa shape index (κ2) is 7.85. The van der Waals surface area contributed by atoms with Gasteiger partial charge in [-0.2, -0.15) is 0 Å². The summed E-state index contributed by atoms with van der Waals surface area (Å²) >= 11 is 5.60. The molecule has 3 N–H and O–H groups in total. The fourth-order valence-electron chi connectivity index (χ4n) is 3.28. The van der Waals surface area contributed by atoms with Crippen molar-refractivity contribution in [2.24, 2.45) is 5.92 Å². The molecule has 2 amide bonds. The fraction of sp³-hybridized carbons (Fsp3) is 0.263. The minimum Gasteiger partial charge on any atom is -0.396 e. The molecule has 0 spiro atoms. The molecule has 0 radical (unpaired) electrons. The molecule has 7 heteroatoms. The van der Waals surface area contributed by atoms with E-state index in [1.165, 1.54) is 12.1 Å². The minimum absolute atomic E-state index is 0.00126. The molecule has 0 unspecified atom stereocenters. The Morgan fingerprint density at radius 2 is 1.96 bits per heavy atom. The number of nitrogens with one attached hydrogen (secondary N) is 2. The van der Waals surface area contributed by atoms with Gasteiger partial charge in [-0.25, -0.2) is 4.39 Å². The third kappa shape index (κ3) is 3.86. The van der Waals surface area contributed by atoms with E-state index in [0.717, 1.165) is 23.6 Å². The third-order valence-corrected chi connectivity index (χ3v) is 4.82. The maximum Gasteiger partial charge on any atom is 0.313 e. The summed E-state index contributed by atoms with van der Waals surface area (Å²) in [6.07, 6.45) is 1.25. The molecule has 0 fully saturated rings. The van der Waals surface area contributed by atoms with Crippen LogP contribution in [-0.2, 0) is 16.0 Å². The Kier molecular flexibility index (Phi) is 5.54. The van der Waals surface area contributed by atoms with Gasteiger partial charge in [0.15, 0.2) is 0 Å². The van der Waals surface area contributed by atoms with Gasteiger partial charge in [0, 0.05) is 12.3 Å². The number of carbonyl (C=O) groups is 2. The van der Waals surface area contributed by atoms with E-state index < -0.39 is 17.6 Å². The fourth-order valence-corrected chi connectivity index (χ4v) is 3.39. The standard InChI is InChI=1S/C19H18ClFN2O3/c20-15-6-5-13(10-16(15)21)22-18(25)19(26)23-17-12(7-8-24)9-11-3-1-2-4-14(11)17/h1-6,10,12,17,24H,7-9H2,(H,22,25)(H,23,26)/t12-,17+/m0/s1. The highest BCUT2D eigenvalue weighted by Crippen LogP contribution is 2.37. The Bertz CT molecular complexity index is 843. The van der Waals surface area contributed by atoms with Gasteiger partial charge in [-0.05, 0) is 48.1 Å². The Balaban J connectivity index is 1.71. The van der Waals surface area contributed by atoms with Crippen LogP contribution in [0.3, 0.4) is 0 Å². The number of anilines is 1. The predicted octanol–water partition coefficient (Wildman–Crippen LogP) is 2.83. The molecule has 0 saturated carbocycles. The summed E-state index contributed by atoms with van der Waals surface area (Å²) in [6, 6.07) is 11.1. The lowest BCUT2D eigenvalue weighted by molar-refractivity contribution is -0.136. The lowest BCUT2D eigenvalue weighted by atomic mass is 9.97. The molecule has 0 bridgehead atoms. The number of fused-ring (bicyclic) bond motifs is 1. The summed E-state index contributed by atoms with van der Waals surface area (Å²) in [7, 11) is 0. The van der Waals surface area contributed by atoms with Gasteiger partial charge in [-0.1, -0.05) is 35.9 Å². The van der Waals surface area contributed by atoms with Crippen LogP contribution in [0.1, 0.15) is 23.6 Å². The molecule has 0 aromatic heterocycles. The van der Waals surface area contributed by atoms with Crippen molar-refractivity contribution in [3.05, 3.63) is 64.4 Å². The van der Waals surface area contributed by atoms with Crippen LogP contribution >= 0.6 is 11.6 Å². The van der Waals surface area contributed by atoms with E-state index in [1.54, 1.807) is 0 Å². The third-order valence-electron chi connectivity index (χ3n) is 4.51. The molecular weight excluding hydrogens is 359 g/mol. The minimum atomic E-state index is -0.890. The zero-order chi connectivity index (χ0) is 18.7. The van der Waals surface area contributed by atoms with Crippen LogP contribution < -0.4 is 10.6 Å². The van der Waals surface area contributed by atoms with Gasteiger partial charge in [0.25, 0.3) is 0 Å². The molecule has 5 nitrogen and oxygen atoms in total. The van der Waals surface area contributed by atoms with E-state index in [2.05, 4.69) is 10.6 Å². The van der Waals surface area contributed by atoms with Crippen molar-refractivity contribution in [3.63, 3.8) is 0 Å². The van der Waals surface area contributed by atoms with Crippen molar-refractivity contribution < 1.29 is 19.1 Å². The van der Waals surface area contributed by atoms with Gasteiger partial charge in [0.05, 0.1) is 11.1 Å². The van der Waals surface area contributed by atoms with Gasteiger partial charge < -0.3 is 15.7 Å². The molecule has 0 saturated heterocycles. The normalized spacial score (nSPS) is 18.3.